The summed E-state index contributed by atoms with van der Waals surface area (Å²) in [5, 5.41) is 9.69. The van der Waals surface area contributed by atoms with Crippen molar-refractivity contribution in [3.63, 3.8) is 0 Å². The van der Waals surface area contributed by atoms with Crippen molar-refractivity contribution in [2.24, 2.45) is 0 Å². The molecule has 0 aliphatic rings. The van der Waals surface area contributed by atoms with Crippen molar-refractivity contribution in [1.29, 1.82) is 0 Å². The third kappa shape index (κ3) is 3.28. The van der Waals surface area contributed by atoms with Gasteiger partial charge in [0.25, 0.3) is 10.0 Å². The van der Waals surface area contributed by atoms with E-state index >= 15 is 0 Å². The van der Waals surface area contributed by atoms with Gasteiger partial charge in [0.05, 0.1) is 11.0 Å². The molecule has 0 saturated heterocycles. The number of aryl methyl sites for hydroxylation is 1. The van der Waals surface area contributed by atoms with E-state index in [1.165, 1.54) is 12.1 Å². The van der Waals surface area contributed by atoms with Crippen LogP contribution in [0.1, 0.15) is 24.4 Å². The number of sulfonamides is 1. The van der Waals surface area contributed by atoms with Crippen molar-refractivity contribution in [2.45, 2.75) is 24.8 Å². The molecule has 0 spiro atoms. The number of nitrogens with zero attached hydrogens (tertiary/aromatic N) is 2. The van der Waals surface area contributed by atoms with Crippen LogP contribution in [0.3, 0.4) is 0 Å². The zero-order valence-electron chi connectivity index (χ0n) is 10.4. The van der Waals surface area contributed by atoms with Crippen LogP contribution in [-0.4, -0.2) is 22.9 Å². The van der Waals surface area contributed by atoms with Crippen molar-refractivity contribution >= 4 is 26.7 Å². The highest BCUT2D eigenvalue weighted by Crippen LogP contribution is 2.20. The van der Waals surface area contributed by atoms with E-state index in [9.17, 15) is 13.5 Å². The van der Waals surface area contributed by atoms with E-state index in [4.69, 9.17) is 0 Å². The number of hydrogen-bond donors (Lipinski definition) is 2. The highest BCUT2D eigenvalue weighted by Gasteiger charge is 2.17. The number of benzene rings is 1. The molecule has 102 valence electrons. The van der Waals surface area contributed by atoms with E-state index in [0.717, 1.165) is 11.5 Å². The monoisotopic (exact) mass is 299 g/mol. The average molecular weight is 299 g/mol. The fourth-order valence-corrected chi connectivity index (χ4v) is 3.31. The molecule has 0 fully saturated rings. The summed E-state index contributed by atoms with van der Waals surface area (Å²) in [5.74, 6) is 0.514. The molecule has 0 radical (unpaired) electrons. The highest BCUT2D eigenvalue weighted by molar-refractivity contribution is 7.93. The fraction of sp³-hybridized carbons (Fsp3) is 0.273. The normalized spacial score (nSPS) is 13.2. The lowest BCUT2D eigenvalue weighted by atomic mass is 10.1. The van der Waals surface area contributed by atoms with Crippen molar-refractivity contribution in [1.82, 2.24) is 9.36 Å². The molecule has 2 aromatic rings. The van der Waals surface area contributed by atoms with Gasteiger partial charge in [-0.15, -0.1) is 0 Å². The van der Waals surface area contributed by atoms with E-state index in [1.807, 2.05) is 0 Å². The molecule has 1 atom stereocenters. The highest BCUT2D eigenvalue weighted by atomic mass is 32.2. The summed E-state index contributed by atoms with van der Waals surface area (Å²) in [4.78, 5) is 4.03. The van der Waals surface area contributed by atoms with Crippen LogP contribution in [0.15, 0.2) is 29.2 Å². The molecule has 1 aromatic heterocycles. The van der Waals surface area contributed by atoms with Crippen LogP contribution in [0.2, 0.25) is 0 Å². The van der Waals surface area contributed by atoms with Gasteiger partial charge in [0.1, 0.15) is 5.82 Å². The van der Waals surface area contributed by atoms with E-state index in [1.54, 1.807) is 26.0 Å². The Labute approximate surface area is 115 Å². The van der Waals surface area contributed by atoms with Gasteiger partial charge >= 0.3 is 0 Å². The molecular weight excluding hydrogens is 286 g/mol. The average Bonchev–Trinajstić information content (AvgIpc) is 2.74. The Balaban J connectivity index is 2.31. The molecule has 19 heavy (non-hydrogen) atoms. The lowest BCUT2D eigenvalue weighted by Gasteiger charge is -2.08. The van der Waals surface area contributed by atoms with E-state index in [2.05, 4.69) is 14.1 Å². The van der Waals surface area contributed by atoms with Crippen LogP contribution in [0, 0.1) is 6.92 Å². The zero-order chi connectivity index (χ0) is 14.0. The Morgan fingerprint density at radius 3 is 2.74 bits per heavy atom. The van der Waals surface area contributed by atoms with Gasteiger partial charge in [0.15, 0.2) is 0 Å². The molecule has 0 aliphatic heterocycles. The SMILES string of the molecule is Cc1nsc(NS(=O)(=O)c2cccc(C(C)O)c2)n1. The molecule has 1 unspecified atom stereocenters. The molecular formula is C11H13N3O3S2. The minimum Gasteiger partial charge on any atom is -0.389 e. The molecule has 8 heteroatoms. The lowest BCUT2D eigenvalue weighted by Crippen LogP contribution is -2.13. The van der Waals surface area contributed by atoms with Crippen molar-refractivity contribution in [3.8, 4) is 0 Å². The van der Waals surface area contributed by atoms with E-state index in [0.29, 0.717) is 11.4 Å². The second-order valence-electron chi connectivity index (χ2n) is 4.00. The summed E-state index contributed by atoms with van der Waals surface area (Å²) in [6.07, 6.45) is -0.723. The van der Waals surface area contributed by atoms with Crippen LogP contribution >= 0.6 is 11.5 Å². The van der Waals surface area contributed by atoms with Crippen LogP contribution in [0.4, 0.5) is 5.13 Å². The topological polar surface area (TPSA) is 92.2 Å². The second kappa shape index (κ2) is 5.24. The van der Waals surface area contributed by atoms with Gasteiger partial charge in [0.2, 0.25) is 5.13 Å². The maximum absolute atomic E-state index is 12.1. The van der Waals surface area contributed by atoms with Gasteiger partial charge < -0.3 is 5.11 Å². The Morgan fingerprint density at radius 1 is 1.42 bits per heavy atom. The number of aliphatic hydroxyl groups is 1. The number of aromatic nitrogens is 2. The predicted octanol–water partition coefficient (Wildman–Crippen LogP) is 1.70. The van der Waals surface area contributed by atoms with Gasteiger partial charge in [-0.05, 0) is 31.5 Å². The van der Waals surface area contributed by atoms with Crippen LogP contribution in [0.5, 0.6) is 0 Å². The minimum absolute atomic E-state index is 0.0822. The van der Waals surface area contributed by atoms with Gasteiger partial charge in [0, 0.05) is 11.5 Å². The zero-order valence-corrected chi connectivity index (χ0v) is 12.0. The summed E-state index contributed by atoms with van der Waals surface area (Å²) in [6, 6.07) is 6.14. The van der Waals surface area contributed by atoms with Gasteiger partial charge in [-0.3, -0.25) is 4.72 Å². The largest absolute Gasteiger partial charge is 0.389 e. The van der Waals surface area contributed by atoms with Gasteiger partial charge in [-0.1, -0.05) is 12.1 Å². The van der Waals surface area contributed by atoms with Crippen LogP contribution in [-0.2, 0) is 10.0 Å². The first kappa shape index (κ1) is 13.9. The standard InChI is InChI=1S/C11H13N3O3S2/c1-7(15)9-4-3-5-10(6-9)19(16,17)14-11-12-8(2)13-18-11/h3-7,15H,1-2H3,(H,12,13,14). The smallest absolute Gasteiger partial charge is 0.263 e. The first-order chi connectivity index (χ1) is 8.88. The third-order valence-corrected chi connectivity index (χ3v) is 4.59. The summed E-state index contributed by atoms with van der Waals surface area (Å²) in [6.45, 7) is 3.26. The lowest BCUT2D eigenvalue weighted by molar-refractivity contribution is 0.199. The molecule has 0 saturated carbocycles. The maximum atomic E-state index is 12.1. The Morgan fingerprint density at radius 2 is 2.16 bits per heavy atom. The Bertz CT molecular complexity index is 680. The van der Waals surface area contributed by atoms with Crippen molar-refractivity contribution < 1.29 is 13.5 Å². The molecule has 1 heterocycles. The summed E-state index contributed by atoms with van der Waals surface area (Å²) >= 11 is 0.981. The molecule has 2 rings (SSSR count). The molecule has 2 N–H and O–H groups in total. The molecule has 6 nitrogen and oxygen atoms in total. The van der Waals surface area contributed by atoms with Crippen LogP contribution in [0.25, 0.3) is 0 Å². The van der Waals surface area contributed by atoms with Crippen LogP contribution < -0.4 is 4.72 Å². The molecule has 1 aromatic carbocycles. The van der Waals surface area contributed by atoms with E-state index in [-0.39, 0.29) is 10.0 Å². The summed E-state index contributed by atoms with van der Waals surface area (Å²) < 4.78 is 30.5. The number of rotatable bonds is 4. The number of aliphatic hydroxyl groups excluding tert-OH is 1. The molecule has 0 aliphatic carbocycles. The first-order valence-corrected chi connectivity index (χ1v) is 7.75. The van der Waals surface area contributed by atoms with Crippen molar-refractivity contribution in [2.75, 3.05) is 4.72 Å². The Kier molecular flexibility index (Phi) is 3.83. The fourth-order valence-electron chi connectivity index (χ4n) is 1.45. The summed E-state index contributed by atoms with van der Waals surface area (Å²) in [7, 11) is -3.71. The number of hydrogen-bond acceptors (Lipinski definition) is 6. The van der Waals surface area contributed by atoms with Gasteiger partial charge in [-0.2, -0.15) is 4.37 Å². The maximum Gasteiger partial charge on any atom is 0.263 e. The second-order valence-corrected chi connectivity index (χ2v) is 6.43. The Hall–Kier alpha value is -1.51. The van der Waals surface area contributed by atoms with E-state index < -0.39 is 16.1 Å². The number of anilines is 1. The van der Waals surface area contributed by atoms with Gasteiger partial charge in [-0.25, -0.2) is 13.4 Å². The van der Waals surface area contributed by atoms with Crippen molar-refractivity contribution in [3.05, 3.63) is 35.7 Å². The summed E-state index contributed by atoms with van der Waals surface area (Å²) in [5.41, 5.74) is 0.538. The minimum atomic E-state index is -3.71. The third-order valence-electron chi connectivity index (χ3n) is 2.40. The molecule has 0 bridgehead atoms. The predicted molar refractivity (Wildman–Crippen MR) is 72.5 cm³/mol. The quantitative estimate of drug-likeness (QED) is 0.896. The number of nitrogens with one attached hydrogen (secondary N) is 1. The first-order valence-electron chi connectivity index (χ1n) is 5.49. The molecule has 0 amide bonds.